The summed E-state index contributed by atoms with van der Waals surface area (Å²) in [6.45, 7) is 5.20. The second-order valence-electron chi connectivity index (χ2n) is 6.51. The summed E-state index contributed by atoms with van der Waals surface area (Å²) in [5.74, 6) is -1.23. The molecule has 0 spiro atoms. The molecular formula is C17H22N2O6. The van der Waals surface area contributed by atoms with Gasteiger partial charge in [-0.25, -0.2) is 14.7 Å². The summed E-state index contributed by atoms with van der Waals surface area (Å²) in [5.41, 5.74) is 0.115. The molecule has 1 aromatic rings. The van der Waals surface area contributed by atoms with E-state index in [1.807, 2.05) is 30.3 Å². The number of alkyl carbamates (subject to hydrolysis) is 1. The van der Waals surface area contributed by atoms with Crippen LogP contribution in [-0.4, -0.2) is 47.8 Å². The number of benzene rings is 1. The van der Waals surface area contributed by atoms with Crippen LogP contribution in [0.4, 0.5) is 4.79 Å². The summed E-state index contributed by atoms with van der Waals surface area (Å²) in [4.78, 5) is 41.5. The van der Waals surface area contributed by atoms with Gasteiger partial charge in [0.2, 0.25) is 0 Å². The molecule has 2 atom stereocenters. The molecule has 1 aliphatic rings. The van der Waals surface area contributed by atoms with Crippen molar-refractivity contribution in [3.05, 3.63) is 35.9 Å². The number of ether oxygens (including phenoxy) is 2. The zero-order valence-electron chi connectivity index (χ0n) is 14.6. The van der Waals surface area contributed by atoms with Crippen LogP contribution in [0.15, 0.2) is 30.3 Å². The number of nitrogens with one attached hydrogen (secondary N) is 1. The maximum absolute atomic E-state index is 12.2. The molecule has 8 heteroatoms. The topological polar surface area (TPSA) is 94.2 Å². The van der Waals surface area contributed by atoms with E-state index in [9.17, 15) is 14.4 Å². The monoisotopic (exact) mass is 350 g/mol. The van der Waals surface area contributed by atoms with Crippen molar-refractivity contribution >= 4 is 18.0 Å². The first-order valence-corrected chi connectivity index (χ1v) is 7.80. The molecular weight excluding hydrogens is 328 g/mol. The number of amides is 2. The third-order valence-corrected chi connectivity index (χ3v) is 3.38. The van der Waals surface area contributed by atoms with Crippen molar-refractivity contribution in [3.8, 4) is 0 Å². The third kappa shape index (κ3) is 4.69. The van der Waals surface area contributed by atoms with Crippen LogP contribution in [0.25, 0.3) is 0 Å². The maximum atomic E-state index is 12.2. The highest BCUT2D eigenvalue weighted by atomic mass is 16.7. The molecule has 1 aromatic carbocycles. The second kappa shape index (κ2) is 7.52. The molecule has 0 saturated carbocycles. The Morgan fingerprint density at radius 1 is 1.20 bits per heavy atom. The molecule has 1 saturated heterocycles. The number of esters is 1. The van der Waals surface area contributed by atoms with Gasteiger partial charge in [-0.3, -0.25) is 9.63 Å². The van der Waals surface area contributed by atoms with Gasteiger partial charge in [-0.1, -0.05) is 30.3 Å². The van der Waals surface area contributed by atoms with E-state index in [0.717, 1.165) is 10.6 Å². The number of methoxy groups -OCH3 is 1. The number of carbonyl (C=O) groups is 3. The van der Waals surface area contributed by atoms with E-state index in [4.69, 9.17) is 14.3 Å². The quantitative estimate of drug-likeness (QED) is 0.637. The van der Waals surface area contributed by atoms with E-state index in [0.29, 0.717) is 0 Å². The zero-order chi connectivity index (χ0) is 18.6. The maximum Gasteiger partial charge on any atom is 0.408 e. The molecule has 1 N–H and O–H groups in total. The summed E-state index contributed by atoms with van der Waals surface area (Å²) in [5, 5.41) is 3.30. The SMILES string of the molecule is COC(=O)[C@@H]1[C@H](NC(=O)OC(C)(C)C)C(=O)N1OCc1ccccc1. The first-order valence-electron chi connectivity index (χ1n) is 7.80. The van der Waals surface area contributed by atoms with Gasteiger partial charge in [0.15, 0.2) is 6.04 Å². The molecule has 1 fully saturated rings. The Hall–Kier alpha value is -2.61. The van der Waals surface area contributed by atoms with Crippen LogP contribution < -0.4 is 5.32 Å². The molecule has 0 aromatic heterocycles. The molecule has 0 unspecified atom stereocenters. The summed E-state index contributed by atoms with van der Waals surface area (Å²) in [7, 11) is 1.20. The van der Waals surface area contributed by atoms with Gasteiger partial charge in [0.25, 0.3) is 5.91 Å². The minimum Gasteiger partial charge on any atom is -0.467 e. The van der Waals surface area contributed by atoms with Crippen molar-refractivity contribution < 1.29 is 28.7 Å². The fraction of sp³-hybridized carbons (Fsp3) is 0.471. The van der Waals surface area contributed by atoms with Gasteiger partial charge < -0.3 is 14.8 Å². The standard InChI is InChI=1S/C17H22N2O6/c1-17(2,3)25-16(22)18-12-13(15(21)23-4)19(14(12)20)24-10-11-8-6-5-7-9-11/h5-9,12-13H,10H2,1-4H3,(H,18,22)/t12-,13-/m0/s1. The number of carbonyl (C=O) groups excluding carboxylic acids is 3. The van der Waals surface area contributed by atoms with Crippen molar-refractivity contribution in [3.63, 3.8) is 0 Å². The number of β-lactam (4-membered cyclic amide) rings is 1. The molecule has 0 radical (unpaired) electrons. The average Bonchev–Trinajstić information content (AvgIpc) is 2.55. The Morgan fingerprint density at radius 3 is 2.40 bits per heavy atom. The van der Waals surface area contributed by atoms with Crippen LogP contribution in [0.5, 0.6) is 0 Å². The highest BCUT2D eigenvalue weighted by Gasteiger charge is 2.55. The van der Waals surface area contributed by atoms with E-state index < -0.39 is 35.7 Å². The lowest BCUT2D eigenvalue weighted by Gasteiger charge is -2.43. The third-order valence-electron chi connectivity index (χ3n) is 3.38. The Balaban J connectivity index is 2.01. The minimum atomic E-state index is -1.09. The van der Waals surface area contributed by atoms with Gasteiger partial charge in [0, 0.05) is 0 Å². The molecule has 136 valence electrons. The Labute approximate surface area is 146 Å². The fourth-order valence-corrected chi connectivity index (χ4v) is 2.25. The average molecular weight is 350 g/mol. The van der Waals surface area contributed by atoms with Gasteiger partial charge >= 0.3 is 12.1 Å². The zero-order valence-corrected chi connectivity index (χ0v) is 14.6. The van der Waals surface area contributed by atoms with Crippen LogP contribution in [-0.2, 0) is 30.5 Å². The summed E-state index contributed by atoms with van der Waals surface area (Å²) < 4.78 is 9.80. The van der Waals surface area contributed by atoms with Crippen LogP contribution in [0.1, 0.15) is 26.3 Å². The van der Waals surface area contributed by atoms with Gasteiger partial charge in [-0.2, -0.15) is 0 Å². The number of hydroxylamine groups is 2. The lowest BCUT2D eigenvalue weighted by atomic mass is 9.98. The number of hydrogen-bond acceptors (Lipinski definition) is 6. The number of rotatable bonds is 5. The molecule has 2 rings (SSSR count). The van der Waals surface area contributed by atoms with E-state index in [1.165, 1.54) is 7.11 Å². The summed E-state index contributed by atoms with van der Waals surface area (Å²) in [6.07, 6.45) is -0.789. The molecule has 8 nitrogen and oxygen atoms in total. The lowest BCUT2D eigenvalue weighted by Crippen LogP contribution is -2.73. The smallest absolute Gasteiger partial charge is 0.408 e. The molecule has 0 aliphatic carbocycles. The molecule has 2 amide bonds. The number of nitrogens with zero attached hydrogens (tertiary/aromatic N) is 1. The Bertz CT molecular complexity index is 640. The van der Waals surface area contributed by atoms with Crippen molar-refractivity contribution in [2.75, 3.05) is 7.11 Å². The first-order chi connectivity index (χ1) is 11.7. The van der Waals surface area contributed by atoms with Crippen molar-refractivity contribution in [2.45, 2.75) is 45.1 Å². The molecule has 0 bridgehead atoms. The van der Waals surface area contributed by atoms with E-state index >= 15 is 0 Å². The van der Waals surface area contributed by atoms with Crippen LogP contribution >= 0.6 is 0 Å². The Morgan fingerprint density at radius 2 is 1.84 bits per heavy atom. The van der Waals surface area contributed by atoms with Gasteiger partial charge in [-0.15, -0.1) is 0 Å². The van der Waals surface area contributed by atoms with Crippen LogP contribution in [0.3, 0.4) is 0 Å². The molecule has 1 heterocycles. The van der Waals surface area contributed by atoms with Crippen molar-refractivity contribution in [1.29, 1.82) is 0 Å². The van der Waals surface area contributed by atoms with Crippen molar-refractivity contribution in [1.82, 2.24) is 10.4 Å². The molecule has 25 heavy (non-hydrogen) atoms. The van der Waals surface area contributed by atoms with Gasteiger partial charge in [0.1, 0.15) is 18.2 Å². The fourth-order valence-electron chi connectivity index (χ4n) is 2.25. The largest absolute Gasteiger partial charge is 0.467 e. The summed E-state index contributed by atoms with van der Waals surface area (Å²) >= 11 is 0. The first kappa shape index (κ1) is 18.7. The van der Waals surface area contributed by atoms with Gasteiger partial charge in [-0.05, 0) is 26.3 Å². The van der Waals surface area contributed by atoms with E-state index in [1.54, 1.807) is 20.8 Å². The highest BCUT2D eigenvalue weighted by molar-refractivity contribution is 6.00. The summed E-state index contributed by atoms with van der Waals surface area (Å²) in [6, 6.07) is 7.03. The lowest BCUT2D eigenvalue weighted by molar-refractivity contribution is -0.243. The van der Waals surface area contributed by atoms with Crippen molar-refractivity contribution in [2.24, 2.45) is 0 Å². The number of hydrogen-bond donors (Lipinski definition) is 1. The van der Waals surface area contributed by atoms with E-state index in [-0.39, 0.29) is 6.61 Å². The van der Waals surface area contributed by atoms with Crippen LogP contribution in [0, 0.1) is 0 Å². The predicted octanol–water partition coefficient (Wildman–Crippen LogP) is 1.40. The highest BCUT2D eigenvalue weighted by Crippen LogP contribution is 2.23. The minimum absolute atomic E-state index is 0.110. The van der Waals surface area contributed by atoms with E-state index in [2.05, 4.69) is 5.32 Å². The second-order valence-corrected chi connectivity index (χ2v) is 6.51. The van der Waals surface area contributed by atoms with Gasteiger partial charge in [0.05, 0.1) is 7.11 Å². The predicted molar refractivity (Wildman–Crippen MR) is 87.0 cm³/mol. The van der Waals surface area contributed by atoms with Crippen LogP contribution in [0.2, 0.25) is 0 Å². The molecule has 1 aliphatic heterocycles. The Kier molecular flexibility index (Phi) is 5.63. The normalized spacial score (nSPS) is 19.8.